The molecule has 0 unspecified atom stereocenters. The van der Waals surface area contributed by atoms with Crippen LogP contribution >= 0.6 is 0 Å². The summed E-state index contributed by atoms with van der Waals surface area (Å²) in [6.07, 6.45) is 2.84. The van der Waals surface area contributed by atoms with Gasteiger partial charge >= 0.3 is 0 Å². The topological polar surface area (TPSA) is 111 Å². The predicted octanol–water partition coefficient (Wildman–Crippen LogP) is 1.14. The van der Waals surface area contributed by atoms with Gasteiger partial charge in [-0.3, -0.25) is 19.0 Å². The molecule has 0 saturated carbocycles. The van der Waals surface area contributed by atoms with Gasteiger partial charge in [0.2, 0.25) is 5.71 Å². The molecular weight excluding hydrogens is 392 g/mol. The first-order valence-electron chi connectivity index (χ1n) is 9.60. The number of rotatable bonds is 5. The maximum atomic E-state index is 13.2. The molecule has 0 bridgehead atoms. The summed E-state index contributed by atoms with van der Waals surface area (Å²) in [7, 11) is 1.55. The number of amides is 2. The van der Waals surface area contributed by atoms with Gasteiger partial charge in [0.15, 0.2) is 5.76 Å². The van der Waals surface area contributed by atoms with Gasteiger partial charge in [-0.05, 0) is 19.1 Å². The Morgan fingerprint density at radius 2 is 1.87 bits per heavy atom. The van der Waals surface area contributed by atoms with Crippen molar-refractivity contribution in [3.63, 3.8) is 0 Å². The van der Waals surface area contributed by atoms with E-state index in [-0.39, 0.29) is 39.8 Å². The molecule has 158 valence electrons. The summed E-state index contributed by atoms with van der Waals surface area (Å²) in [4.78, 5) is 46.0. The summed E-state index contributed by atoms with van der Waals surface area (Å²) in [5.74, 6) is 0.106. The summed E-state index contributed by atoms with van der Waals surface area (Å²) in [5.41, 5.74) is 0.0186. The van der Waals surface area contributed by atoms with Gasteiger partial charge in [-0.25, -0.2) is 4.98 Å². The van der Waals surface area contributed by atoms with Crippen LogP contribution in [0.4, 0.5) is 0 Å². The average Bonchev–Trinajstić information content (AvgIpc) is 3.40. The molecule has 3 aromatic rings. The zero-order chi connectivity index (χ0) is 21.3. The van der Waals surface area contributed by atoms with Crippen LogP contribution in [0.25, 0.3) is 11.1 Å². The van der Waals surface area contributed by atoms with Crippen molar-refractivity contribution in [1.29, 1.82) is 0 Å². The molecule has 0 radical (unpaired) electrons. The Morgan fingerprint density at radius 1 is 1.17 bits per heavy atom. The van der Waals surface area contributed by atoms with Gasteiger partial charge in [-0.15, -0.1) is 0 Å². The number of fused-ring (bicyclic) bond motifs is 1. The maximum Gasteiger partial charge on any atom is 0.289 e. The van der Waals surface area contributed by atoms with E-state index in [0.717, 1.165) is 0 Å². The van der Waals surface area contributed by atoms with Gasteiger partial charge in [-0.1, -0.05) is 0 Å². The number of furan rings is 2. The van der Waals surface area contributed by atoms with Gasteiger partial charge in [0, 0.05) is 33.3 Å². The van der Waals surface area contributed by atoms with Crippen molar-refractivity contribution in [3.8, 4) is 0 Å². The van der Waals surface area contributed by atoms with Crippen LogP contribution < -0.4 is 5.56 Å². The lowest BCUT2D eigenvalue weighted by Gasteiger charge is -2.34. The fourth-order valence-corrected chi connectivity index (χ4v) is 3.57. The standard InChI is InChI=1S/C20H22N4O6/c1-13-15(16-17(30-13)21-12-24(20(16)27)9-11-28-2)19(26)23-7-5-22(6-8-23)18(25)14-4-3-10-29-14/h3-4,10,12H,5-9,11H2,1-2H3. The molecule has 1 aliphatic heterocycles. The molecule has 0 aliphatic carbocycles. The smallest absolute Gasteiger partial charge is 0.289 e. The first kappa shape index (κ1) is 19.9. The van der Waals surface area contributed by atoms with E-state index in [4.69, 9.17) is 13.6 Å². The molecule has 4 heterocycles. The Bertz CT molecular complexity index is 1120. The Labute approximate surface area is 171 Å². The Balaban J connectivity index is 1.56. The molecule has 0 N–H and O–H groups in total. The summed E-state index contributed by atoms with van der Waals surface area (Å²) in [5, 5.41) is 0.171. The summed E-state index contributed by atoms with van der Waals surface area (Å²) >= 11 is 0. The lowest BCUT2D eigenvalue weighted by molar-refractivity contribution is 0.0518. The Kier molecular flexibility index (Phi) is 5.40. The highest BCUT2D eigenvalue weighted by atomic mass is 16.5. The number of hydrogen-bond donors (Lipinski definition) is 0. The lowest BCUT2D eigenvalue weighted by Crippen LogP contribution is -2.50. The van der Waals surface area contributed by atoms with Crippen molar-refractivity contribution in [2.75, 3.05) is 39.9 Å². The lowest BCUT2D eigenvalue weighted by atomic mass is 10.1. The van der Waals surface area contributed by atoms with Crippen molar-refractivity contribution in [3.05, 3.63) is 52.2 Å². The minimum atomic E-state index is -0.344. The van der Waals surface area contributed by atoms with E-state index >= 15 is 0 Å². The second kappa shape index (κ2) is 8.15. The molecule has 2 amide bonds. The maximum absolute atomic E-state index is 13.2. The normalized spacial score (nSPS) is 14.5. The van der Waals surface area contributed by atoms with Crippen molar-refractivity contribution < 1.29 is 23.2 Å². The van der Waals surface area contributed by atoms with Crippen LogP contribution in [-0.4, -0.2) is 71.1 Å². The summed E-state index contributed by atoms with van der Waals surface area (Å²) in [6.45, 7) is 3.74. The van der Waals surface area contributed by atoms with E-state index in [9.17, 15) is 14.4 Å². The predicted molar refractivity (Wildman–Crippen MR) is 105 cm³/mol. The second-order valence-electron chi connectivity index (χ2n) is 7.01. The number of nitrogens with zero attached hydrogens (tertiary/aromatic N) is 4. The molecule has 1 saturated heterocycles. The first-order valence-corrected chi connectivity index (χ1v) is 9.60. The molecule has 4 rings (SSSR count). The third-order valence-electron chi connectivity index (χ3n) is 5.19. The fraction of sp³-hybridized carbons (Fsp3) is 0.400. The van der Waals surface area contributed by atoms with E-state index in [0.29, 0.717) is 45.1 Å². The minimum absolute atomic E-state index is 0.140. The number of aryl methyl sites for hydroxylation is 1. The van der Waals surface area contributed by atoms with Gasteiger partial charge < -0.3 is 23.4 Å². The Morgan fingerprint density at radius 3 is 2.50 bits per heavy atom. The van der Waals surface area contributed by atoms with Crippen LogP contribution in [0, 0.1) is 6.92 Å². The second-order valence-corrected chi connectivity index (χ2v) is 7.01. The van der Waals surface area contributed by atoms with Crippen molar-refractivity contribution in [1.82, 2.24) is 19.4 Å². The van der Waals surface area contributed by atoms with Crippen molar-refractivity contribution in [2.24, 2.45) is 0 Å². The number of methoxy groups -OCH3 is 1. The van der Waals surface area contributed by atoms with Crippen LogP contribution in [0.5, 0.6) is 0 Å². The van der Waals surface area contributed by atoms with Crippen molar-refractivity contribution >= 4 is 22.9 Å². The number of piperazine rings is 1. The zero-order valence-electron chi connectivity index (χ0n) is 16.8. The molecule has 0 aromatic carbocycles. The van der Waals surface area contributed by atoms with E-state index in [1.807, 2.05) is 0 Å². The molecular formula is C20H22N4O6. The quantitative estimate of drug-likeness (QED) is 0.615. The molecule has 0 spiro atoms. The molecule has 3 aromatic heterocycles. The number of carbonyl (C=O) groups is 2. The van der Waals surface area contributed by atoms with Crippen LogP contribution in [0.3, 0.4) is 0 Å². The van der Waals surface area contributed by atoms with Gasteiger partial charge in [0.25, 0.3) is 17.4 Å². The highest BCUT2D eigenvalue weighted by Gasteiger charge is 2.30. The summed E-state index contributed by atoms with van der Waals surface area (Å²) < 4.78 is 17.2. The fourth-order valence-electron chi connectivity index (χ4n) is 3.57. The zero-order valence-corrected chi connectivity index (χ0v) is 16.8. The third kappa shape index (κ3) is 3.50. The third-order valence-corrected chi connectivity index (χ3v) is 5.19. The average molecular weight is 414 g/mol. The van der Waals surface area contributed by atoms with Gasteiger partial charge in [-0.2, -0.15) is 0 Å². The van der Waals surface area contributed by atoms with E-state index < -0.39 is 0 Å². The van der Waals surface area contributed by atoms with E-state index in [2.05, 4.69) is 4.98 Å². The first-order chi connectivity index (χ1) is 14.5. The Hall–Kier alpha value is -3.40. The van der Waals surface area contributed by atoms with Gasteiger partial charge in [0.1, 0.15) is 17.5 Å². The number of carbonyl (C=O) groups excluding carboxylic acids is 2. The molecule has 0 atom stereocenters. The molecule has 10 nitrogen and oxygen atoms in total. The minimum Gasteiger partial charge on any atom is -0.459 e. The molecule has 10 heteroatoms. The van der Waals surface area contributed by atoms with Crippen LogP contribution in [0.2, 0.25) is 0 Å². The molecule has 30 heavy (non-hydrogen) atoms. The molecule has 1 aliphatic rings. The van der Waals surface area contributed by atoms with E-state index in [1.165, 1.54) is 17.2 Å². The largest absolute Gasteiger partial charge is 0.459 e. The number of aromatic nitrogens is 2. The number of ether oxygens (including phenoxy) is 1. The van der Waals surface area contributed by atoms with Crippen molar-refractivity contribution in [2.45, 2.75) is 13.5 Å². The monoisotopic (exact) mass is 414 g/mol. The molecule has 1 fully saturated rings. The van der Waals surface area contributed by atoms with Crippen LogP contribution in [0.15, 0.2) is 38.4 Å². The van der Waals surface area contributed by atoms with E-state index in [1.54, 1.807) is 36.0 Å². The SMILES string of the molecule is COCCn1cnc2oc(C)c(C(=O)N3CCN(C(=O)c4ccco4)CC3)c2c1=O. The van der Waals surface area contributed by atoms with Crippen LogP contribution in [0.1, 0.15) is 26.7 Å². The highest BCUT2D eigenvalue weighted by Crippen LogP contribution is 2.23. The van der Waals surface area contributed by atoms with Gasteiger partial charge in [0.05, 0.1) is 25.0 Å². The highest BCUT2D eigenvalue weighted by molar-refractivity contribution is 6.06. The van der Waals surface area contributed by atoms with Crippen LogP contribution in [-0.2, 0) is 11.3 Å². The summed E-state index contributed by atoms with van der Waals surface area (Å²) in [6, 6.07) is 3.27. The number of hydrogen-bond acceptors (Lipinski definition) is 7.